The van der Waals surface area contributed by atoms with Crippen molar-refractivity contribution in [3.05, 3.63) is 11.1 Å². The number of halogens is 1. The summed E-state index contributed by atoms with van der Waals surface area (Å²) in [7, 11) is 0. The number of ether oxygens (including phenoxy) is 7. The van der Waals surface area contributed by atoms with Crippen molar-refractivity contribution >= 4 is 30.0 Å². The first kappa shape index (κ1) is 31.4. The average Bonchev–Trinajstić information content (AvgIpc) is 3.94. The van der Waals surface area contributed by atoms with E-state index in [1.165, 1.54) is 0 Å². The molecule has 2 spiro atoms. The number of fused-ring (bicyclic) bond motifs is 4. The summed E-state index contributed by atoms with van der Waals surface area (Å²) in [6.45, 7) is 6.02. The SMILES string of the molecule is CC(C)[C@]12O[C@H]1[C@@H]1O[C@]13[C@]1(O[C@H]1C[C@H]1C4=C(CC[C@@]13C)C(=O)OC4)[C@@H]2OC(=O)CCC(=O)OC[C@H]1OC(CSO)[C@H](F)[C@@H](O)[C@@H]1O. The number of hydrogen-bond acceptors (Lipinski definition) is 14. The highest BCUT2D eigenvalue weighted by Gasteiger charge is 3.01. The Morgan fingerprint density at radius 1 is 1.09 bits per heavy atom. The van der Waals surface area contributed by atoms with E-state index in [1.807, 2.05) is 13.8 Å². The van der Waals surface area contributed by atoms with Crippen LogP contribution in [-0.2, 0) is 47.5 Å². The number of aliphatic hydroxyl groups excluding tert-OH is 2. The maximum absolute atomic E-state index is 14.2. The van der Waals surface area contributed by atoms with E-state index in [0.29, 0.717) is 31.3 Å². The molecule has 14 atom stereocenters. The first-order valence-corrected chi connectivity index (χ1v) is 17.0. The van der Waals surface area contributed by atoms with Gasteiger partial charge in [0.25, 0.3) is 0 Å². The maximum Gasteiger partial charge on any atom is 0.334 e. The van der Waals surface area contributed by atoms with Gasteiger partial charge < -0.3 is 47.9 Å². The molecule has 0 aromatic heterocycles. The third-order valence-electron chi connectivity index (χ3n) is 12.3. The zero-order valence-corrected chi connectivity index (χ0v) is 26.5. The Morgan fingerprint density at radius 3 is 2.59 bits per heavy atom. The summed E-state index contributed by atoms with van der Waals surface area (Å²) < 4.78 is 65.2. The number of hydrogen-bond donors (Lipinski definition) is 3. The molecule has 5 aliphatic heterocycles. The van der Waals surface area contributed by atoms with Crippen molar-refractivity contribution in [2.24, 2.45) is 17.3 Å². The summed E-state index contributed by atoms with van der Waals surface area (Å²) in [5.74, 6) is -1.82. The molecule has 0 aromatic carbocycles. The largest absolute Gasteiger partial charge is 0.463 e. The number of esters is 3. The van der Waals surface area contributed by atoms with Crippen LogP contribution in [0.25, 0.3) is 0 Å². The van der Waals surface area contributed by atoms with Gasteiger partial charge in [-0.3, -0.25) is 9.59 Å². The summed E-state index contributed by atoms with van der Waals surface area (Å²) in [5.41, 5.74) is -1.05. The third kappa shape index (κ3) is 3.91. The Kier molecular flexibility index (Phi) is 7.06. The molecule has 3 N–H and O–H groups in total. The molecule has 0 bridgehead atoms. The highest BCUT2D eigenvalue weighted by molar-refractivity contribution is 7.93. The summed E-state index contributed by atoms with van der Waals surface area (Å²) in [5, 5.41) is 20.2. The van der Waals surface area contributed by atoms with E-state index in [0.717, 1.165) is 11.1 Å². The van der Waals surface area contributed by atoms with Gasteiger partial charge in [0.15, 0.2) is 17.9 Å². The van der Waals surface area contributed by atoms with Gasteiger partial charge in [0, 0.05) is 16.7 Å². The van der Waals surface area contributed by atoms with Gasteiger partial charge in [-0.25, -0.2) is 9.18 Å². The second-order valence-corrected chi connectivity index (χ2v) is 15.1. The molecule has 2 saturated carbocycles. The van der Waals surface area contributed by atoms with Crippen LogP contribution in [0.5, 0.6) is 0 Å². The van der Waals surface area contributed by atoms with E-state index >= 15 is 0 Å². The summed E-state index contributed by atoms with van der Waals surface area (Å²) in [6.07, 6.45) is -7.98. The van der Waals surface area contributed by atoms with E-state index in [9.17, 15) is 29.0 Å². The van der Waals surface area contributed by atoms with Crippen LogP contribution >= 0.6 is 12.0 Å². The molecule has 6 fully saturated rings. The number of epoxide rings is 3. The van der Waals surface area contributed by atoms with E-state index in [2.05, 4.69) is 6.92 Å². The van der Waals surface area contributed by atoms with E-state index in [-0.39, 0.29) is 61.3 Å². The summed E-state index contributed by atoms with van der Waals surface area (Å²) >= 11 is 0.330. The molecule has 5 heterocycles. The molecule has 254 valence electrons. The summed E-state index contributed by atoms with van der Waals surface area (Å²) in [4.78, 5) is 38.4. The Balaban J connectivity index is 0.955. The lowest BCUT2D eigenvalue weighted by Crippen LogP contribution is -2.70. The lowest BCUT2D eigenvalue weighted by Gasteiger charge is -2.53. The van der Waals surface area contributed by atoms with E-state index < -0.39 is 77.5 Å². The van der Waals surface area contributed by atoms with E-state index in [1.54, 1.807) is 0 Å². The van der Waals surface area contributed by atoms with Crippen LogP contribution in [0.2, 0.25) is 0 Å². The van der Waals surface area contributed by atoms with Gasteiger partial charge in [-0.15, -0.1) is 0 Å². The van der Waals surface area contributed by atoms with Gasteiger partial charge in [0.05, 0.1) is 18.9 Å². The van der Waals surface area contributed by atoms with Gasteiger partial charge in [0.1, 0.15) is 61.0 Å². The van der Waals surface area contributed by atoms with Gasteiger partial charge in [-0.2, -0.15) is 0 Å². The summed E-state index contributed by atoms with van der Waals surface area (Å²) in [6, 6.07) is 0. The molecule has 3 aliphatic carbocycles. The van der Waals surface area contributed by atoms with Gasteiger partial charge in [-0.1, -0.05) is 20.8 Å². The zero-order valence-electron chi connectivity index (χ0n) is 25.7. The lowest BCUT2D eigenvalue weighted by atomic mass is 9.46. The monoisotopic (exact) mass is 670 g/mol. The molecular weight excluding hydrogens is 631 g/mol. The lowest BCUT2D eigenvalue weighted by molar-refractivity contribution is -0.211. The van der Waals surface area contributed by atoms with E-state index in [4.69, 9.17) is 37.7 Å². The minimum atomic E-state index is -1.92. The molecule has 0 radical (unpaired) electrons. The Hall–Kier alpha value is -1.85. The second kappa shape index (κ2) is 10.3. The number of carbonyl (C=O) groups excluding carboxylic acids is 3. The first-order valence-electron chi connectivity index (χ1n) is 16.1. The minimum Gasteiger partial charge on any atom is -0.463 e. The molecule has 8 rings (SSSR count). The van der Waals surface area contributed by atoms with Crippen LogP contribution < -0.4 is 0 Å². The zero-order chi connectivity index (χ0) is 32.6. The molecule has 8 aliphatic rings. The maximum atomic E-state index is 14.2. The van der Waals surface area contributed by atoms with Crippen molar-refractivity contribution in [3.63, 3.8) is 0 Å². The van der Waals surface area contributed by atoms with Crippen molar-refractivity contribution in [1.29, 1.82) is 0 Å². The van der Waals surface area contributed by atoms with Crippen LogP contribution in [0, 0.1) is 17.3 Å². The normalized spacial score (nSPS) is 50.7. The van der Waals surface area contributed by atoms with Gasteiger partial charge in [-0.05, 0) is 48.7 Å². The molecule has 46 heavy (non-hydrogen) atoms. The smallest absolute Gasteiger partial charge is 0.334 e. The Bertz CT molecular complexity index is 1390. The Labute approximate surface area is 268 Å². The number of carbonyl (C=O) groups is 3. The number of aliphatic hydroxyl groups is 2. The minimum absolute atomic E-state index is 0.0250. The van der Waals surface area contributed by atoms with Crippen molar-refractivity contribution in [3.8, 4) is 0 Å². The van der Waals surface area contributed by atoms with Crippen molar-refractivity contribution < 1.29 is 66.7 Å². The first-order chi connectivity index (χ1) is 21.9. The molecule has 0 amide bonds. The number of alkyl halides is 1. The van der Waals surface area contributed by atoms with Crippen molar-refractivity contribution in [1.82, 2.24) is 0 Å². The fraction of sp³-hybridized carbons (Fsp3) is 0.839. The molecule has 4 saturated heterocycles. The van der Waals surface area contributed by atoms with Crippen molar-refractivity contribution in [2.45, 2.75) is 125 Å². The predicted octanol–water partition coefficient (Wildman–Crippen LogP) is 1.01. The highest BCUT2D eigenvalue weighted by Crippen LogP contribution is 2.83. The molecule has 15 heteroatoms. The van der Waals surface area contributed by atoms with Crippen LogP contribution in [-0.4, -0.2) is 123 Å². The highest BCUT2D eigenvalue weighted by atomic mass is 32.2. The average molecular weight is 671 g/mol. The number of rotatable bonds is 9. The molecule has 13 nitrogen and oxygen atoms in total. The fourth-order valence-electron chi connectivity index (χ4n) is 9.83. The third-order valence-corrected chi connectivity index (χ3v) is 12.7. The van der Waals surface area contributed by atoms with Gasteiger partial charge >= 0.3 is 17.9 Å². The van der Waals surface area contributed by atoms with Crippen molar-refractivity contribution in [2.75, 3.05) is 19.0 Å². The van der Waals surface area contributed by atoms with Crippen LogP contribution in [0.4, 0.5) is 4.39 Å². The number of cyclic esters (lactones) is 1. The molecular formula is C31H39FO13S. The second-order valence-electron chi connectivity index (χ2n) is 14.5. The molecule has 0 aromatic rings. The predicted molar refractivity (Wildman–Crippen MR) is 152 cm³/mol. The Morgan fingerprint density at radius 2 is 1.85 bits per heavy atom. The quantitative estimate of drug-likeness (QED) is 0.137. The van der Waals surface area contributed by atoms with Gasteiger partial charge in [0.2, 0.25) is 0 Å². The van der Waals surface area contributed by atoms with Crippen LogP contribution in [0.15, 0.2) is 11.1 Å². The fourth-order valence-corrected chi connectivity index (χ4v) is 10.2. The standard InChI is InChI=1S/C31H39FO13S/c1-12(2)29-24(44-29)25-31(45-25)28(3)7-6-13-14(9-40-26(13)37)15(28)8-18-30(31,43-18)27(29)42-20(34)5-4-19(33)39-10-16-22(35)23(36)21(32)17(41-16)11-46-38/h12,15-18,21-25,27,35-36,38H,4-11H2,1-3H3/t15-,16+,17?,18-,21-,22+,23+,24-,25-,27+,28-,29-,30+,31+/m0/s1. The van der Waals surface area contributed by atoms with Crippen LogP contribution in [0.1, 0.15) is 52.9 Å². The van der Waals surface area contributed by atoms with Crippen LogP contribution in [0.3, 0.4) is 0 Å². The molecule has 1 unspecified atom stereocenters. The topological polar surface area (TPSA) is 186 Å².